The highest BCUT2D eigenvalue weighted by atomic mass is 35.5. The normalized spacial score (nSPS) is 10.4. The summed E-state index contributed by atoms with van der Waals surface area (Å²) in [5.41, 5.74) is 1.94. The lowest BCUT2D eigenvalue weighted by Crippen LogP contribution is -2.17. The van der Waals surface area contributed by atoms with Crippen molar-refractivity contribution in [3.8, 4) is 0 Å². The van der Waals surface area contributed by atoms with E-state index in [1.807, 2.05) is 18.2 Å². The van der Waals surface area contributed by atoms with Gasteiger partial charge in [0.05, 0.1) is 4.92 Å². The number of rotatable bonds is 6. The van der Waals surface area contributed by atoms with E-state index in [0.717, 1.165) is 13.0 Å². The van der Waals surface area contributed by atoms with Crippen LogP contribution in [-0.4, -0.2) is 11.5 Å². The largest absolute Gasteiger partial charge is 0.312 e. The second kappa shape index (κ2) is 7.03. The van der Waals surface area contributed by atoms with E-state index in [1.165, 1.54) is 17.7 Å². The van der Waals surface area contributed by atoms with E-state index in [0.29, 0.717) is 17.1 Å². The van der Waals surface area contributed by atoms with Crippen LogP contribution in [-0.2, 0) is 13.0 Å². The predicted molar refractivity (Wildman–Crippen MR) is 80.0 cm³/mol. The first kappa shape index (κ1) is 14.5. The van der Waals surface area contributed by atoms with E-state index < -0.39 is 0 Å². The second-order valence-electron chi connectivity index (χ2n) is 4.44. The van der Waals surface area contributed by atoms with Gasteiger partial charge >= 0.3 is 0 Å². The van der Waals surface area contributed by atoms with Crippen molar-refractivity contribution >= 4 is 17.3 Å². The molecule has 1 N–H and O–H groups in total. The van der Waals surface area contributed by atoms with Crippen molar-refractivity contribution in [1.29, 1.82) is 0 Å². The van der Waals surface area contributed by atoms with Gasteiger partial charge in [0, 0.05) is 23.2 Å². The van der Waals surface area contributed by atoms with E-state index in [-0.39, 0.29) is 10.6 Å². The van der Waals surface area contributed by atoms with Gasteiger partial charge in [-0.15, -0.1) is 0 Å². The Morgan fingerprint density at radius 2 is 1.90 bits per heavy atom. The van der Waals surface area contributed by atoms with E-state index in [1.54, 1.807) is 6.07 Å². The van der Waals surface area contributed by atoms with Crippen LogP contribution in [0.2, 0.25) is 5.02 Å². The third-order valence-corrected chi connectivity index (χ3v) is 3.22. The first-order chi connectivity index (χ1) is 9.66. The lowest BCUT2D eigenvalue weighted by molar-refractivity contribution is -0.385. The fourth-order valence-electron chi connectivity index (χ4n) is 1.97. The van der Waals surface area contributed by atoms with Crippen LogP contribution in [0.15, 0.2) is 48.5 Å². The third-order valence-electron chi connectivity index (χ3n) is 2.99. The fraction of sp³-hybridized carbons (Fsp3) is 0.200. The van der Waals surface area contributed by atoms with E-state index in [2.05, 4.69) is 17.4 Å². The average Bonchev–Trinajstić information content (AvgIpc) is 2.44. The molecular weight excluding hydrogens is 276 g/mol. The number of halogens is 1. The molecule has 2 aromatic carbocycles. The van der Waals surface area contributed by atoms with Gasteiger partial charge in [0.2, 0.25) is 0 Å². The van der Waals surface area contributed by atoms with Crippen LogP contribution >= 0.6 is 11.6 Å². The maximum Gasteiger partial charge on any atom is 0.273 e. The van der Waals surface area contributed by atoms with Crippen LogP contribution in [0.5, 0.6) is 0 Å². The Hall–Kier alpha value is -1.91. The van der Waals surface area contributed by atoms with Crippen LogP contribution in [0.1, 0.15) is 11.1 Å². The number of nitro groups is 1. The van der Waals surface area contributed by atoms with Crippen molar-refractivity contribution in [1.82, 2.24) is 5.32 Å². The minimum absolute atomic E-state index is 0.0987. The number of nitro benzene ring substituents is 1. The molecule has 0 atom stereocenters. The standard InChI is InChI=1S/C15H15ClN2O2/c16-14-6-7-15(18(19)20)13(10-14)11-17-9-8-12-4-2-1-3-5-12/h1-7,10,17H,8-9,11H2. The molecule has 0 aliphatic heterocycles. The maximum absolute atomic E-state index is 10.9. The summed E-state index contributed by atoms with van der Waals surface area (Å²) in [6.07, 6.45) is 0.884. The highest BCUT2D eigenvalue weighted by Crippen LogP contribution is 2.22. The lowest BCUT2D eigenvalue weighted by Gasteiger charge is -2.06. The maximum atomic E-state index is 10.9. The van der Waals surface area contributed by atoms with Gasteiger partial charge in [-0.05, 0) is 30.7 Å². The van der Waals surface area contributed by atoms with Crippen molar-refractivity contribution in [2.24, 2.45) is 0 Å². The van der Waals surface area contributed by atoms with Crippen molar-refractivity contribution in [2.45, 2.75) is 13.0 Å². The summed E-state index contributed by atoms with van der Waals surface area (Å²) in [6, 6.07) is 14.7. The summed E-state index contributed by atoms with van der Waals surface area (Å²) in [6.45, 7) is 1.19. The van der Waals surface area contributed by atoms with Gasteiger partial charge < -0.3 is 5.32 Å². The molecule has 0 saturated heterocycles. The topological polar surface area (TPSA) is 55.2 Å². The SMILES string of the molecule is O=[N+]([O-])c1ccc(Cl)cc1CNCCc1ccccc1. The highest BCUT2D eigenvalue weighted by molar-refractivity contribution is 6.30. The molecule has 0 saturated carbocycles. The average molecular weight is 291 g/mol. The number of hydrogen-bond donors (Lipinski definition) is 1. The minimum Gasteiger partial charge on any atom is -0.312 e. The molecule has 0 heterocycles. The van der Waals surface area contributed by atoms with Crippen molar-refractivity contribution in [2.75, 3.05) is 6.54 Å². The first-order valence-electron chi connectivity index (χ1n) is 6.34. The first-order valence-corrected chi connectivity index (χ1v) is 6.72. The van der Waals surface area contributed by atoms with Gasteiger partial charge in [0.15, 0.2) is 0 Å². The summed E-state index contributed by atoms with van der Waals surface area (Å²) < 4.78 is 0. The summed E-state index contributed by atoms with van der Waals surface area (Å²) in [5, 5.41) is 14.6. The Bertz CT molecular complexity index is 588. The zero-order chi connectivity index (χ0) is 14.4. The molecule has 2 aromatic rings. The second-order valence-corrected chi connectivity index (χ2v) is 4.88. The number of nitrogens with zero attached hydrogens (tertiary/aromatic N) is 1. The van der Waals surface area contributed by atoms with Gasteiger partial charge in [-0.1, -0.05) is 41.9 Å². The number of benzene rings is 2. The highest BCUT2D eigenvalue weighted by Gasteiger charge is 2.13. The Morgan fingerprint density at radius 3 is 2.60 bits per heavy atom. The van der Waals surface area contributed by atoms with Crippen LogP contribution in [0, 0.1) is 10.1 Å². The monoisotopic (exact) mass is 290 g/mol. The molecule has 20 heavy (non-hydrogen) atoms. The quantitative estimate of drug-likeness (QED) is 0.502. The summed E-state index contributed by atoms with van der Waals surface area (Å²) >= 11 is 5.88. The molecule has 0 aliphatic carbocycles. The Labute approximate surface area is 122 Å². The Kier molecular flexibility index (Phi) is 5.09. The summed E-state index contributed by atoms with van der Waals surface area (Å²) in [4.78, 5) is 10.5. The van der Waals surface area contributed by atoms with Crippen molar-refractivity contribution < 1.29 is 4.92 Å². The molecule has 0 amide bonds. The molecule has 4 nitrogen and oxygen atoms in total. The zero-order valence-electron chi connectivity index (χ0n) is 10.9. The van der Waals surface area contributed by atoms with Gasteiger partial charge in [0.25, 0.3) is 5.69 Å². The molecule has 0 unspecified atom stereocenters. The Balaban J connectivity index is 1.91. The van der Waals surface area contributed by atoms with Crippen molar-refractivity contribution in [3.63, 3.8) is 0 Å². The van der Waals surface area contributed by atoms with Crippen LogP contribution in [0.3, 0.4) is 0 Å². The molecule has 0 fully saturated rings. The fourth-order valence-corrected chi connectivity index (χ4v) is 2.17. The smallest absolute Gasteiger partial charge is 0.273 e. The molecule has 0 radical (unpaired) electrons. The molecule has 0 aromatic heterocycles. The van der Waals surface area contributed by atoms with Crippen LogP contribution in [0.25, 0.3) is 0 Å². The molecule has 5 heteroatoms. The van der Waals surface area contributed by atoms with E-state index >= 15 is 0 Å². The summed E-state index contributed by atoms with van der Waals surface area (Å²) in [5.74, 6) is 0. The number of nitrogens with one attached hydrogen (secondary N) is 1. The molecule has 0 bridgehead atoms. The van der Waals surface area contributed by atoms with E-state index in [4.69, 9.17) is 11.6 Å². The molecule has 104 valence electrons. The molecule has 0 aliphatic rings. The minimum atomic E-state index is -0.384. The van der Waals surface area contributed by atoms with Crippen LogP contribution < -0.4 is 5.32 Å². The third kappa shape index (κ3) is 4.05. The van der Waals surface area contributed by atoms with Gasteiger partial charge in [-0.25, -0.2) is 0 Å². The van der Waals surface area contributed by atoms with E-state index in [9.17, 15) is 10.1 Å². The van der Waals surface area contributed by atoms with Gasteiger partial charge in [-0.3, -0.25) is 10.1 Å². The predicted octanol–water partition coefficient (Wildman–Crippen LogP) is 3.58. The molecule has 0 spiro atoms. The summed E-state index contributed by atoms with van der Waals surface area (Å²) in [7, 11) is 0. The van der Waals surface area contributed by atoms with Gasteiger partial charge in [-0.2, -0.15) is 0 Å². The lowest BCUT2D eigenvalue weighted by atomic mass is 10.1. The zero-order valence-corrected chi connectivity index (χ0v) is 11.6. The van der Waals surface area contributed by atoms with Crippen LogP contribution in [0.4, 0.5) is 5.69 Å². The van der Waals surface area contributed by atoms with Crippen molar-refractivity contribution in [3.05, 3.63) is 74.8 Å². The van der Waals surface area contributed by atoms with Gasteiger partial charge in [0.1, 0.15) is 0 Å². The number of hydrogen-bond acceptors (Lipinski definition) is 3. The Morgan fingerprint density at radius 1 is 1.15 bits per heavy atom. The molecular formula is C15H15ClN2O2. The molecule has 2 rings (SSSR count).